The van der Waals surface area contributed by atoms with Crippen LogP contribution in [0.5, 0.6) is 0 Å². The molecule has 0 saturated carbocycles. The van der Waals surface area contributed by atoms with E-state index in [-0.39, 0.29) is 12.1 Å². The van der Waals surface area contributed by atoms with Gasteiger partial charge in [0, 0.05) is 12.6 Å². The SMILES string of the molecule is CC(C)CC1CN(C(C)(C)C(=O)O)C(=O)N1. The Balaban J connectivity index is 2.71. The van der Waals surface area contributed by atoms with Crippen molar-refractivity contribution < 1.29 is 14.7 Å². The highest BCUT2D eigenvalue weighted by atomic mass is 16.4. The number of aliphatic carboxylic acids is 1. The van der Waals surface area contributed by atoms with Gasteiger partial charge in [0.2, 0.25) is 0 Å². The van der Waals surface area contributed by atoms with Gasteiger partial charge in [0.1, 0.15) is 5.54 Å². The lowest BCUT2D eigenvalue weighted by molar-refractivity contribution is -0.147. The topological polar surface area (TPSA) is 69.6 Å². The second kappa shape index (κ2) is 4.31. The summed E-state index contributed by atoms with van der Waals surface area (Å²) in [6.45, 7) is 7.73. The van der Waals surface area contributed by atoms with E-state index in [9.17, 15) is 9.59 Å². The summed E-state index contributed by atoms with van der Waals surface area (Å²) >= 11 is 0. The summed E-state index contributed by atoms with van der Waals surface area (Å²) in [4.78, 5) is 24.1. The van der Waals surface area contributed by atoms with E-state index in [4.69, 9.17) is 5.11 Å². The van der Waals surface area contributed by atoms with Crippen LogP contribution in [0.4, 0.5) is 4.79 Å². The van der Waals surface area contributed by atoms with Gasteiger partial charge in [-0.15, -0.1) is 0 Å². The number of carboxylic acid groups (broad SMARTS) is 1. The number of carbonyl (C=O) groups excluding carboxylic acids is 1. The number of nitrogens with zero attached hydrogens (tertiary/aromatic N) is 1. The highest BCUT2D eigenvalue weighted by Gasteiger charge is 2.43. The van der Waals surface area contributed by atoms with Crippen LogP contribution < -0.4 is 5.32 Å². The van der Waals surface area contributed by atoms with Crippen LogP contribution in [-0.2, 0) is 4.79 Å². The molecule has 0 aromatic rings. The average Bonchev–Trinajstić information content (AvgIpc) is 2.45. The van der Waals surface area contributed by atoms with Crippen LogP contribution in [0.2, 0.25) is 0 Å². The van der Waals surface area contributed by atoms with Gasteiger partial charge in [-0.1, -0.05) is 13.8 Å². The monoisotopic (exact) mass is 228 g/mol. The van der Waals surface area contributed by atoms with Crippen LogP contribution in [0.25, 0.3) is 0 Å². The number of rotatable bonds is 4. The zero-order valence-electron chi connectivity index (χ0n) is 10.3. The van der Waals surface area contributed by atoms with Crippen molar-refractivity contribution in [3.05, 3.63) is 0 Å². The number of hydrogen-bond donors (Lipinski definition) is 2. The van der Waals surface area contributed by atoms with Crippen molar-refractivity contribution in [1.29, 1.82) is 0 Å². The van der Waals surface area contributed by atoms with E-state index < -0.39 is 11.5 Å². The Morgan fingerprint density at radius 3 is 2.62 bits per heavy atom. The van der Waals surface area contributed by atoms with Gasteiger partial charge in [0.05, 0.1) is 0 Å². The highest BCUT2D eigenvalue weighted by molar-refractivity contribution is 5.86. The molecule has 0 aromatic carbocycles. The zero-order valence-corrected chi connectivity index (χ0v) is 10.3. The Kier molecular flexibility index (Phi) is 3.45. The summed E-state index contributed by atoms with van der Waals surface area (Å²) in [6.07, 6.45) is 0.873. The number of nitrogens with one attached hydrogen (secondary N) is 1. The molecule has 1 heterocycles. The first-order chi connectivity index (χ1) is 7.25. The number of hydrogen-bond acceptors (Lipinski definition) is 2. The Morgan fingerprint density at radius 2 is 2.19 bits per heavy atom. The maximum atomic E-state index is 11.7. The molecule has 0 aliphatic carbocycles. The van der Waals surface area contributed by atoms with Crippen molar-refractivity contribution >= 4 is 12.0 Å². The summed E-state index contributed by atoms with van der Waals surface area (Å²) < 4.78 is 0. The molecule has 1 saturated heterocycles. The molecular formula is C11H20N2O3. The fourth-order valence-corrected chi connectivity index (χ4v) is 1.90. The van der Waals surface area contributed by atoms with Crippen LogP contribution in [0.1, 0.15) is 34.1 Å². The molecule has 1 atom stereocenters. The van der Waals surface area contributed by atoms with Crippen molar-refractivity contribution in [1.82, 2.24) is 10.2 Å². The first-order valence-corrected chi connectivity index (χ1v) is 5.56. The number of urea groups is 1. The van der Waals surface area contributed by atoms with Gasteiger partial charge in [-0.05, 0) is 26.2 Å². The van der Waals surface area contributed by atoms with Crippen molar-refractivity contribution in [2.75, 3.05) is 6.54 Å². The molecule has 2 amide bonds. The molecule has 1 aliphatic heterocycles. The Morgan fingerprint density at radius 1 is 1.62 bits per heavy atom. The maximum Gasteiger partial charge on any atom is 0.329 e. The standard InChI is InChI=1S/C11H20N2O3/c1-7(2)5-8-6-13(10(16)12-8)11(3,4)9(14)15/h7-8H,5-6H2,1-4H3,(H,12,16)(H,14,15). The predicted molar refractivity (Wildman–Crippen MR) is 60.2 cm³/mol. The molecule has 5 nitrogen and oxygen atoms in total. The van der Waals surface area contributed by atoms with E-state index in [0.29, 0.717) is 12.5 Å². The second-order valence-electron chi connectivity index (χ2n) is 5.25. The molecule has 1 rings (SSSR count). The molecule has 92 valence electrons. The molecule has 0 spiro atoms. The third kappa shape index (κ3) is 2.46. The molecule has 1 fully saturated rings. The predicted octanol–water partition coefficient (Wildman–Crippen LogP) is 1.29. The van der Waals surface area contributed by atoms with Gasteiger partial charge in [0.25, 0.3) is 0 Å². The summed E-state index contributed by atoms with van der Waals surface area (Å²) in [7, 11) is 0. The lowest BCUT2D eigenvalue weighted by Gasteiger charge is -2.30. The number of amides is 2. The van der Waals surface area contributed by atoms with E-state index in [1.165, 1.54) is 4.90 Å². The van der Waals surface area contributed by atoms with Gasteiger partial charge in [-0.3, -0.25) is 0 Å². The third-order valence-electron chi connectivity index (χ3n) is 2.93. The average molecular weight is 228 g/mol. The summed E-state index contributed by atoms with van der Waals surface area (Å²) in [6, 6.07) is -0.218. The van der Waals surface area contributed by atoms with Crippen molar-refractivity contribution in [3.8, 4) is 0 Å². The third-order valence-corrected chi connectivity index (χ3v) is 2.93. The van der Waals surface area contributed by atoms with Gasteiger partial charge in [-0.2, -0.15) is 0 Å². The van der Waals surface area contributed by atoms with Gasteiger partial charge in [0.15, 0.2) is 0 Å². The normalized spacial score (nSPS) is 21.4. The second-order valence-corrected chi connectivity index (χ2v) is 5.25. The lowest BCUT2D eigenvalue weighted by Crippen LogP contribution is -2.51. The maximum absolute atomic E-state index is 11.7. The summed E-state index contributed by atoms with van der Waals surface area (Å²) in [5.74, 6) is -0.494. The molecule has 0 aromatic heterocycles. The first-order valence-electron chi connectivity index (χ1n) is 5.56. The van der Waals surface area contributed by atoms with Crippen molar-refractivity contribution in [2.45, 2.75) is 45.7 Å². The molecular weight excluding hydrogens is 208 g/mol. The molecule has 1 unspecified atom stereocenters. The fourth-order valence-electron chi connectivity index (χ4n) is 1.90. The molecule has 16 heavy (non-hydrogen) atoms. The summed E-state index contributed by atoms with van der Waals surface area (Å²) in [5.41, 5.74) is -1.14. The number of carboxylic acids is 1. The quantitative estimate of drug-likeness (QED) is 0.761. The van der Waals surface area contributed by atoms with Crippen LogP contribution in [0.3, 0.4) is 0 Å². The fraction of sp³-hybridized carbons (Fsp3) is 0.818. The van der Waals surface area contributed by atoms with Crippen molar-refractivity contribution in [3.63, 3.8) is 0 Å². The van der Waals surface area contributed by atoms with Crippen LogP contribution in [0, 0.1) is 5.92 Å². The lowest BCUT2D eigenvalue weighted by atomic mass is 10.0. The number of carbonyl (C=O) groups is 2. The van der Waals surface area contributed by atoms with Crippen LogP contribution >= 0.6 is 0 Å². The minimum Gasteiger partial charge on any atom is -0.480 e. The summed E-state index contributed by atoms with van der Waals surface area (Å²) in [5, 5.41) is 11.9. The van der Waals surface area contributed by atoms with Crippen LogP contribution in [-0.4, -0.2) is 40.1 Å². The van der Waals surface area contributed by atoms with E-state index >= 15 is 0 Å². The van der Waals surface area contributed by atoms with Gasteiger partial charge >= 0.3 is 12.0 Å². The van der Waals surface area contributed by atoms with Crippen LogP contribution in [0.15, 0.2) is 0 Å². The Hall–Kier alpha value is -1.26. The molecule has 5 heteroatoms. The Bertz CT molecular complexity index is 300. The van der Waals surface area contributed by atoms with Gasteiger partial charge < -0.3 is 15.3 Å². The Labute approximate surface area is 95.8 Å². The zero-order chi connectivity index (χ0) is 12.5. The van der Waals surface area contributed by atoms with Gasteiger partial charge in [-0.25, -0.2) is 9.59 Å². The molecule has 0 radical (unpaired) electrons. The van der Waals surface area contributed by atoms with Crippen molar-refractivity contribution in [2.24, 2.45) is 5.92 Å². The first kappa shape index (κ1) is 12.8. The molecule has 0 bridgehead atoms. The molecule has 1 aliphatic rings. The molecule has 2 N–H and O–H groups in total. The van der Waals surface area contributed by atoms with E-state index in [0.717, 1.165) is 6.42 Å². The van der Waals surface area contributed by atoms with E-state index in [2.05, 4.69) is 19.2 Å². The smallest absolute Gasteiger partial charge is 0.329 e. The van der Waals surface area contributed by atoms with E-state index in [1.807, 2.05) is 0 Å². The minimum atomic E-state index is -1.14. The highest BCUT2D eigenvalue weighted by Crippen LogP contribution is 2.21. The minimum absolute atomic E-state index is 0.0612. The van der Waals surface area contributed by atoms with E-state index in [1.54, 1.807) is 13.8 Å². The largest absolute Gasteiger partial charge is 0.480 e.